The first-order valence-corrected chi connectivity index (χ1v) is 24.3. The Balaban J connectivity index is 3.89. The van der Waals surface area contributed by atoms with E-state index in [9.17, 15) is 19.3 Å². The molecule has 9 nitrogen and oxygen atoms in total. The standard InChI is InChI=1S/C46H85O9P/c1-4-6-7-8-21-26-31-36-43(47)37-32-27-24-29-34-39-46(49)55-44(41-54-56(50,51)52)40-53-45(48)38-33-28-23-20-18-16-14-12-10-9-11-13-15-17-19-22-25-30-35-42(3)5-2/h6-7,21,26,31,36,42-44,47H,4-5,8-20,22-25,27-30,32-35,37-41H2,1-3H3,(H2,50,51,52)/b7-6+,26-21+,36-31+/t42?,43?,44-/m1/s1. The average Bonchev–Trinajstić information content (AvgIpc) is 3.16. The van der Waals surface area contributed by atoms with Gasteiger partial charge in [-0.1, -0.05) is 205 Å². The monoisotopic (exact) mass is 813 g/mol. The minimum absolute atomic E-state index is 0.143. The molecule has 0 rings (SSSR count). The van der Waals surface area contributed by atoms with Crippen LogP contribution in [-0.4, -0.2) is 52.3 Å². The van der Waals surface area contributed by atoms with E-state index in [2.05, 4.69) is 37.4 Å². The number of unbranched alkanes of at least 4 members (excludes halogenated alkanes) is 21. The summed E-state index contributed by atoms with van der Waals surface area (Å²) in [4.78, 5) is 42.9. The molecule has 0 aromatic rings. The summed E-state index contributed by atoms with van der Waals surface area (Å²) in [5.41, 5.74) is 0. The highest BCUT2D eigenvalue weighted by Gasteiger charge is 2.23. The van der Waals surface area contributed by atoms with Crippen molar-refractivity contribution < 1.29 is 43.0 Å². The minimum Gasteiger partial charge on any atom is -0.462 e. The van der Waals surface area contributed by atoms with Crippen molar-refractivity contribution in [3.63, 3.8) is 0 Å². The van der Waals surface area contributed by atoms with Gasteiger partial charge in [-0.3, -0.25) is 14.1 Å². The molecule has 328 valence electrons. The molecule has 0 saturated carbocycles. The average molecular weight is 813 g/mol. The third-order valence-electron chi connectivity index (χ3n) is 10.3. The Morgan fingerprint density at radius 2 is 1.05 bits per heavy atom. The van der Waals surface area contributed by atoms with Crippen LogP contribution in [-0.2, 0) is 28.2 Å². The van der Waals surface area contributed by atoms with Crippen molar-refractivity contribution in [3.05, 3.63) is 36.5 Å². The molecule has 10 heteroatoms. The zero-order chi connectivity index (χ0) is 41.4. The van der Waals surface area contributed by atoms with Crippen molar-refractivity contribution in [1.29, 1.82) is 0 Å². The molecule has 0 aliphatic carbocycles. The molecule has 56 heavy (non-hydrogen) atoms. The van der Waals surface area contributed by atoms with Gasteiger partial charge in [-0.25, -0.2) is 4.57 Å². The minimum atomic E-state index is -4.78. The topological polar surface area (TPSA) is 140 Å². The van der Waals surface area contributed by atoms with Crippen molar-refractivity contribution in [1.82, 2.24) is 0 Å². The number of aliphatic hydroxyl groups is 1. The van der Waals surface area contributed by atoms with E-state index in [0.29, 0.717) is 19.3 Å². The Labute approximate surface area is 343 Å². The number of carbonyl (C=O) groups excluding carboxylic acids is 2. The van der Waals surface area contributed by atoms with Crippen LogP contribution in [0.1, 0.15) is 213 Å². The normalized spacial score (nSPS) is 13.9. The molecule has 0 aromatic heterocycles. The third kappa shape index (κ3) is 41.9. The second kappa shape index (κ2) is 40.0. The summed E-state index contributed by atoms with van der Waals surface area (Å²) in [6.45, 7) is 5.88. The maximum Gasteiger partial charge on any atom is 0.469 e. The van der Waals surface area contributed by atoms with E-state index < -0.39 is 38.6 Å². The van der Waals surface area contributed by atoms with E-state index in [4.69, 9.17) is 19.3 Å². The molecular weight excluding hydrogens is 727 g/mol. The summed E-state index contributed by atoms with van der Waals surface area (Å²) in [6, 6.07) is 0. The van der Waals surface area contributed by atoms with E-state index in [-0.39, 0.29) is 19.4 Å². The Hall–Kier alpha value is -1.77. The first-order chi connectivity index (χ1) is 27.1. The highest BCUT2D eigenvalue weighted by atomic mass is 31.2. The van der Waals surface area contributed by atoms with E-state index >= 15 is 0 Å². The van der Waals surface area contributed by atoms with E-state index in [1.54, 1.807) is 6.08 Å². The van der Waals surface area contributed by atoms with Crippen molar-refractivity contribution >= 4 is 19.8 Å². The van der Waals surface area contributed by atoms with Gasteiger partial charge in [0.2, 0.25) is 0 Å². The lowest BCUT2D eigenvalue weighted by atomic mass is 9.99. The molecule has 0 aliphatic heterocycles. The Morgan fingerprint density at radius 3 is 1.54 bits per heavy atom. The molecule has 3 N–H and O–H groups in total. The maximum atomic E-state index is 12.4. The summed E-state index contributed by atoms with van der Waals surface area (Å²) in [7, 11) is -4.78. The van der Waals surface area contributed by atoms with Crippen LogP contribution in [0, 0.1) is 5.92 Å². The van der Waals surface area contributed by atoms with Crippen molar-refractivity contribution in [2.45, 2.75) is 226 Å². The molecule has 0 radical (unpaired) electrons. The molecule has 0 amide bonds. The first kappa shape index (κ1) is 54.2. The number of phosphoric acid groups is 1. The highest BCUT2D eigenvalue weighted by molar-refractivity contribution is 7.46. The lowest BCUT2D eigenvalue weighted by Crippen LogP contribution is -2.29. The zero-order valence-electron chi connectivity index (χ0n) is 36.1. The van der Waals surface area contributed by atoms with Gasteiger partial charge in [-0.05, 0) is 38.0 Å². The van der Waals surface area contributed by atoms with E-state index in [1.807, 2.05) is 18.2 Å². The zero-order valence-corrected chi connectivity index (χ0v) is 37.0. The SMILES string of the molecule is CC/C=C/C/C=C/C=C/C(O)CCCCCCCC(=O)O[C@H](COC(=O)CCCCCCCCCCCCCCCCCCCCC(C)CC)COP(=O)(O)O. The predicted octanol–water partition coefficient (Wildman–Crippen LogP) is 13.0. The van der Waals surface area contributed by atoms with Gasteiger partial charge in [-0.15, -0.1) is 0 Å². The van der Waals surface area contributed by atoms with Crippen LogP contribution in [0.4, 0.5) is 0 Å². The van der Waals surface area contributed by atoms with Gasteiger partial charge in [0.15, 0.2) is 6.10 Å². The Morgan fingerprint density at radius 1 is 0.589 bits per heavy atom. The van der Waals surface area contributed by atoms with Crippen LogP contribution in [0.15, 0.2) is 36.5 Å². The molecule has 0 aromatic carbocycles. The maximum absolute atomic E-state index is 12.4. The van der Waals surface area contributed by atoms with Crippen LogP contribution in [0.2, 0.25) is 0 Å². The summed E-state index contributed by atoms with van der Waals surface area (Å²) in [6.07, 6.45) is 43.2. The fraction of sp³-hybridized carbons (Fsp3) is 0.826. The van der Waals surface area contributed by atoms with Crippen molar-refractivity contribution in [2.75, 3.05) is 13.2 Å². The van der Waals surface area contributed by atoms with Gasteiger partial charge in [-0.2, -0.15) is 0 Å². The summed E-state index contributed by atoms with van der Waals surface area (Å²) in [5.74, 6) is -0.0577. The smallest absolute Gasteiger partial charge is 0.462 e. The highest BCUT2D eigenvalue weighted by Crippen LogP contribution is 2.36. The number of allylic oxidation sites excluding steroid dienone is 5. The van der Waals surface area contributed by atoms with Crippen LogP contribution >= 0.6 is 7.82 Å². The number of rotatable bonds is 41. The first-order valence-electron chi connectivity index (χ1n) is 22.8. The van der Waals surface area contributed by atoms with Gasteiger partial charge in [0, 0.05) is 12.8 Å². The quantitative estimate of drug-likeness (QED) is 0.0181. The Bertz CT molecular complexity index is 1040. The molecule has 0 fully saturated rings. The lowest BCUT2D eigenvalue weighted by molar-refractivity contribution is -0.161. The number of hydrogen-bond donors (Lipinski definition) is 3. The molecule has 0 aliphatic rings. The number of esters is 2. The number of hydrogen-bond acceptors (Lipinski definition) is 7. The van der Waals surface area contributed by atoms with Gasteiger partial charge in [0.05, 0.1) is 12.7 Å². The Kier molecular flexibility index (Phi) is 38.8. The number of aliphatic hydroxyl groups excluding tert-OH is 1. The largest absolute Gasteiger partial charge is 0.469 e. The molecule has 0 saturated heterocycles. The second-order valence-corrected chi connectivity index (χ2v) is 17.0. The summed E-state index contributed by atoms with van der Waals surface area (Å²) < 4.78 is 26.4. The molecule has 3 atom stereocenters. The fourth-order valence-electron chi connectivity index (χ4n) is 6.53. The molecule has 0 spiro atoms. The van der Waals surface area contributed by atoms with Crippen LogP contribution in [0.5, 0.6) is 0 Å². The molecule has 0 bridgehead atoms. The summed E-state index contributed by atoms with van der Waals surface area (Å²) >= 11 is 0. The molecular formula is C46H85O9P. The lowest BCUT2D eigenvalue weighted by Gasteiger charge is -2.18. The van der Waals surface area contributed by atoms with Gasteiger partial charge in [0.1, 0.15) is 6.61 Å². The van der Waals surface area contributed by atoms with Crippen molar-refractivity contribution in [3.8, 4) is 0 Å². The van der Waals surface area contributed by atoms with Gasteiger partial charge in [0.25, 0.3) is 0 Å². The van der Waals surface area contributed by atoms with Crippen LogP contribution in [0.3, 0.4) is 0 Å². The molecule has 0 heterocycles. The number of phosphoric ester groups is 1. The number of carbonyl (C=O) groups is 2. The second-order valence-electron chi connectivity index (χ2n) is 15.8. The fourth-order valence-corrected chi connectivity index (χ4v) is 6.89. The number of ether oxygens (including phenoxy) is 2. The predicted molar refractivity (Wildman–Crippen MR) is 231 cm³/mol. The van der Waals surface area contributed by atoms with Crippen LogP contribution < -0.4 is 0 Å². The van der Waals surface area contributed by atoms with Gasteiger partial charge >= 0.3 is 19.8 Å². The van der Waals surface area contributed by atoms with Crippen LogP contribution in [0.25, 0.3) is 0 Å². The van der Waals surface area contributed by atoms with Crippen molar-refractivity contribution in [2.24, 2.45) is 5.92 Å². The van der Waals surface area contributed by atoms with E-state index in [1.165, 1.54) is 109 Å². The van der Waals surface area contributed by atoms with E-state index in [0.717, 1.165) is 57.3 Å². The molecule has 2 unspecified atom stereocenters. The third-order valence-corrected chi connectivity index (χ3v) is 10.8. The summed E-state index contributed by atoms with van der Waals surface area (Å²) in [5, 5.41) is 10.1. The van der Waals surface area contributed by atoms with Gasteiger partial charge < -0.3 is 24.4 Å².